The smallest absolute Gasteiger partial charge is 0.338 e. The number of aliphatic hydroxyl groups excluding tert-OH is 1. The molecule has 2 heterocycles. The average Bonchev–Trinajstić information content (AvgIpc) is 3.59. The van der Waals surface area contributed by atoms with Crippen molar-refractivity contribution in [2.45, 2.75) is 61.4 Å². The summed E-state index contributed by atoms with van der Waals surface area (Å²) in [6.07, 6.45) is -18.2. The third-order valence-electron chi connectivity index (χ3n) is 12.5. The van der Waals surface area contributed by atoms with E-state index in [1.807, 2.05) is 0 Å². The molecule has 2 saturated heterocycles. The van der Waals surface area contributed by atoms with Crippen LogP contribution in [0.5, 0.6) is 0 Å². The van der Waals surface area contributed by atoms with Crippen molar-refractivity contribution in [3.8, 4) is 0 Å². The third-order valence-corrected chi connectivity index (χ3v) is 12.5. The van der Waals surface area contributed by atoms with Crippen LogP contribution in [0.25, 0.3) is 0 Å². The van der Waals surface area contributed by atoms with Crippen molar-refractivity contribution in [3.05, 3.63) is 251 Å². The van der Waals surface area contributed by atoms with Gasteiger partial charge in [0.25, 0.3) is 0 Å². The number of benzene rings is 7. The summed E-state index contributed by atoms with van der Waals surface area (Å²) in [4.78, 5) is 98.0. The first-order chi connectivity index (χ1) is 38.5. The van der Waals surface area contributed by atoms with Crippen LogP contribution in [0.4, 0.5) is 0 Å². The van der Waals surface area contributed by atoms with Gasteiger partial charge in [-0.15, -0.1) is 0 Å². The summed E-state index contributed by atoms with van der Waals surface area (Å²) in [5.41, 5.74) is 0.388. The third kappa shape index (κ3) is 13.8. The Bertz CT molecular complexity index is 3170. The Balaban J connectivity index is 1.12. The Morgan fingerprint density at radius 1 is 0.304 bits per heavy atom. The van der Waals surface area contributed by atoms with E-state index in [0.29, 0.717) is 0 Å². The molecule has 2 aliphatic rings. The lowest BCUT2D eigenvalue weighted by Gasteiger charge is -2.46. The van der Waals surface area contributed by atoms with Gasteiger partial charge in [-0.3, -0.25) is 0 Å². The lowest BCUT2D eigenvalue weighted by atomic mass is 9.96. The molecule has 0 unspecified atom stereocenters. The van der Waals surface area contributed by atoms with Crippen molar-refractivity contribution in [3.63, 3.8) is 0 Å². The number of carbonyl (C=O) groups excluding carboxylic acids is 7. The summed E-state index contributed by atoms with van der Waals surface area (Å²) < 4.78 is 61.4. The molecule has 0 spiro atoms. The molecule has 7 aromatic carbocycles. The SMILES string of the molecule is O=C(OC[C@H]1O[C@@H](OC[C@H]2O[C@@H](O)[C@H](OC(=O)c3ccccc3)[C@@H](OC(=O)c3ccccc3)[C@H]2OC(=O)c2ccccc2)[C@H](OC(=O)c2ccccc2)[C@@H](OC(=O)c2ccccc2)[C@@H]1OC(=O)c1ccccc1)c1ccccc1. The van der Waals surface area contributed by atoms with Crippen molar-refractivity contribution in [2.75, 3.05) is 13.2 Å². The molecule has 0 saturated carbocycles. The maximum atomic E-state index is 14.3. The fraction of sp³-hybridized carbons (Fsp3) is 0.197. The zero-order chi connectivity index (χ0) is 55.1. The molecular weight excluding hydrogens is 1020 g/mol. The molecule has 402 valence electrons. The zero-order valence-electron chi connectivity index (χ0n) is 41.8. The topological polar surface area (TPSA) is 232 Å². The number of ether oxygens (including phenoxy) is 10. The fourth-order valence-corrected chi connectivity index (χ4v) is 8.58. The van der Waals surface area contributed by atoms with Crippen LogP contribution in [-0.2, 0) is 47.4 Å². The van der Waals surface area contributed by atoms with Crippen LogP contribution in [0, 0.1) is 0 Å². The Morgan fingerprint density at radius 3 is 0.886 bits per heavy atom. The van der Waals surface area contributed by atoms with E-state index in [-0.39, 0.29) is 38.9 Å². The molecule has 0 aliphatic carbocycles. The number of esters is 7. The second kappa shape index (κ2) is 26.1. The Morgan fingerprint density at radius 2 is 0.557 bits per heavy atom. The van der Waals surface area contributed by atoms with Gasteiger partial charge in [-0.2, -0.15) is 0 Å². The Kier molecular flexibility index (Phi) is 18.0. The molecule has 2 aliphatic heterocycles. The number of rotatable bonds is 18. The van der Waals surface area contributed by atoms with E-state index in [1.165, 1.54) is 84.9 Å². The van der Waals surface area contributed by atoms with Crippen LogP contribution in [0.1, 0.15) is 72.5 Å². The molecule has 0 bridgehead atoms. The minimum absolute atomic E-state index is 0.0249. The summed E-state index contributed by atoms with van der Waals surface area (Å²) in [6, 6.07) is 54.3. The van der Waals surface area contributed by atoms with Gasteiger partial charge in [0.1, 0.15) is 18.8 Å². The van der Waals surface area contributed by atoms with Crippen LogP contribution in [-0.4, -0.2) is 122 Å². The zero-order valence-corrected chi connectivity index (χ0v) is 41.8. The molecule has 1 N–H and O–H groups in total. The second-order valence-corrected chi connectivity index (χ2v) is 17.8. The van der Waals surface area contributed by atoms with Crippen LogP contribution in [0.3, 0.4) is 0 Å². The maximum absolute atomic E-state index is 14.3. The van der Waals surface area contributed by atoms with Gasteiger partial charge in [0, 0.05) is 0 Å². The van der Waals surface area contributed by atoms with Gasteiger partial charge in [-0.25, -0.2) is 33.6 Å². The molecule has 10 atom stereocenters. The summed E-state index contributed by atoms with van der Waals surface area (Å²) >= 11 is 0. The first-order valence-corrected chi connectivity index (χ1v) is 24.9. The monoisotopic (exact) mass is 1070 g/mol. The molecule has 2 fully saturated rings. The normalized spacial score (nSPS) is 22.4. The van der Waals surface area contributed by atoms with Crippen LogP contribution in [0.2, 0.25) is 0 Å². The second-order valence-electron chi connectivity index (χ2n) is 17.8. The first-order valence-electron chi connectivity index (χ1n) is 24.9. The lowest BCUT2D eigenvalue weighted by Crippen LogP contribution is -2.65. The maximum Gasteiger partial charge on any atom is 0.338 e. The van der Waals surface area contributed by atoms with Gasteiger partial charge < -0.3 is 52.5 Å². The highest BCUT2D eigenvalue weighted by molar-refractivity contribution is 5.93. The van der Waals surface area contributed by atoms with Crippen molar-refractivity contribution < 1.29 is 86.0 Å². The summed E-state index contributed by atoms with van der Waals surface area (Å²) in [5.74, 6) is -6.63. The summed E-state index contributed by atoms with van der Waals surface area (Å²) in [6.45, 7) is -1.50. The van der Waals surface area contributed by atoms with Gasteiger partial charge in [-0.05, 0) is 84.9 Å². The Hall–Kier alpha value is -9.33. The first kappa shape index (κ1) is 54.5. The van der Waals surface area contributed by atoms with Crippen LogP contribution in [0.15, 0.2) is 212 Å². The number of hydrogen-bond donors (Lipinski definition) is 1. The molecule has 18 nitrogen and oxygen atoms in total. The number of hydrogen-bond acceptors (Lipinski definition) is 18. The predicted octanol–water partition coefficient (Wildman–Crippen LogP) is 7.66. The lowest BCUT2D eigenvalue weighted by molar-refractivity contribution is -0.323. The largest absolute Gasteiger partial charge is 0.459 e. The van der Waals surface area contributed by atoms with Gasteiger partial charge in [0.05, 0.1) is 45.6 Å². The predicted molar refractivity (Wildman–Crippen MR) is 276 cm³/mol. The van der Waals surface area contributed by atoms with E-state index in [0.717, 1.165) is 0 Å². The fourth-order valence-electron chi connectivity index (χ4n) is 8.58. The molecule has 0 aromatic heterocycles. The minimum atomic E-state index is -2.12. The van der Waals surface area contributed by atoms with Gasteiger partial charge >= 0.3 is 41.8 Å². The van der Waals surface area contributed by atoms with Crippen LogP contribution < -0.4 is 0 Å². The molecule has 0 radical (unpaired) electrons. The molecule has 79 heavy (non-hydrogen) atoms. The van der Waals surface area contributed by atoms with Crippen molar-refractivity contribution in [1.29, 1.82) is 0 Å². The molecular formula is C61H50O18. The van der Waals surface area contributed by atoms with E-state index in [4.69, 9.17) is 47.4 Å². The average molecular weight is 1070 g/mol. The highest BCUT2D eigenvalue weighted by Crippen LogP contribution is 2.35. The number of carbonyl (C=O) groups is 7. The summed E-state index contributed by atoms with van der Waals surface area (Å²) in [7, 11) is 0. The summed E-state index contributed by atoms with van der Waals surface area (Å²) in [5, 5.41) is 11.9. The minimum Gasteiger partial charge on any atom is -0.459 e. The Labute approximate surface area is 452 Å². The van der Waals surface area contributed by atoms with Crippen molar-refractivity contribution >= 4 is 41.8 Å². The van der Waals surface area contributed by atoms with Gasteiger partial charge in [0.2, 0.25) is 0 Å². The molecule has 9 rings (SSSR count). The van der Waals surface area contributed by atoms with Gasteiger partial charge in [-0.1, -0.05) is 127 Å². The number of aliphatic hydroxyl groups is 1. The van der Waals surface area contributed by atoms with Crippen molar-refractivity contribution in [2.24, 2.45) is 0 Å². The molecule has 0 amide bonds. The van der Waals surface area contributed by atoms with E-state index in [2.05, 4.69) is 0 Å². The highest BCUT2D eigenvalue weighted by atomic mass is 16.7. The molecule has 18 heteroatoms. The van der Waals surface area contributed by atoms with Gasteiger partial charge in [0.15, 0.2) is 49.2 Å². The van der Waals surface area contributed by atoms with E-state index < -0.39 is 116 Å². The van der Waals surface area contributed by atoms with E-state index in [1.54, 1.807) is 127 Å². The van der Waals surface area contributed by atoms with Crippen LogP contribution >= 0.6 is 0 Å². The standard InChI is InChI=1S/C61H50O18/c62-53(38-22-8-1-9-23-38)70-36-46-48(75-55(64)40-26-12-3-13-27-40)50(77-57(66)42-30-16-5-17-31-42)52(79-59(68)44-34-20-7-21-35-44)61(73-46)71-37-45-47(74-54(63)39-24-10-2-11-25-39)49(76-56(65)41-28-14-4-15-29-41)51(60(69)72-45)78-58(67)43-32-18-6-19-33-43/h1-35,45-52,60-61,69H,36-37H2/t45-,46-,47+,48-,49+,50+,51-,52-,60-,61-/m1/s1. The van der Waals surface area contributed by atoms with E-state index >= 15 is 0 Å². The quantitative estimate of drug-likeness (QED) is 0.0642. The van der Waals surface area contributed by atoms with Crippen molar-refractivity contribution in [1.82, 2.24) is 0 Å². The highest BCUT2D eigenvalue weighted by Gasteiger charge is 2.56. The molecule has 7 aromatic rings. The van der Waals surface area contributed by atoms with E-state index in [9.17, 15) is 38.7 Å².